The maximum absolute atomic E-state index is 3.39. The van der Waals surface area contributed by atoms with Crippen molar-refractivity contribution in [1.29, 1.82) is 0 Å². The summed E-state index contributed by atoms with van der Waals surface area (Å²) in [6.45, 7) is 0. The van der Waals surface area contributed by atoms with E-state index in [4.69, 9.17) is 0 Å². The lowest BCUT2D eigenvalue weighted by Gasteiger charge is -1.96. The molecule has 0 aliphatic carbocycles. The fourth-order valence-electron chi connectivity index (χ4n) is 0.717. The summed E-state index contributed by atoms with van der Waals surface area (Å²) in [6.07, 6.45) is 0. The Hall–Kier alpha value is 1.14. The molecule has 0 N–H and O–H groups in total. The molecule has 0 aliphatic rings. The lowest BCUT2D eigenvalue weighted by Crippen LogP contribution is -1.78. The van der Waals surface area contributed by atoms with Crippen LogP contribution in [0.25, 0.3) is 0 Å². The standard InChI is InChI=1S/C8H8Br2.2BrH/c9-5-7-1-2-8(6-10)4-3-7;;/h1-4H,5-6H2;2*1H. The molecule has 0 spiro atoms. The van der Waals surface area contributed by atoms with Crippen molar-refractivity contribution in [2.75, 3.05) is 0 Å². The van der Waals surface area contributed by atoms with Crippen LogP contribution < -0.4 is 0 Å². The van der Waals surface area contributed by atoms with Crippen LogP contribution in [0.2, 0.25) is 0 Å². The maximum atomic E-state index is 3.39. The third-order valence-corrected chi connectivity index (χ3v) is 2.63. The minimum atomic E-state index is 0. The van der Waals surface area contributed by atoms with Crippen LogP contribution in [-0.2, 0) is 10.7 Å². The van der Waals surface area contributed by atoms with E-state index in [1.54, 1.807) is 0 Å². The number of hydrogen-bond donors (Lipinski definition) is 0. The van der Waals surface area contributed by atoms with Gasteiger partial charge in [-0.3, -0.25) is 0 Å². The van der Waals surface area contributed by atoms with Gasteiger partial charge in [0.2, 0.25) is 0 Å². The molecule has 0 unspecified atom stereocenters. The summed E-state index contributed by atoms with van der Waals surface area (Å²) < 4.78 is 0. The zero-order chi connectivity index (χ0) is 7.40. The second-order valence-corrected chi connectivity index (χ2v) is 3.21. The van der Waals surface area contributed by atoms with E-state index in [-0.39, 0.29) is 34.0 Å². The zero-order valence-corrected chi connectivity index (χ0v) is 12.9. The largest absolute Gasteiger partial charge is 0.114 e. The molecule has 0 saturated carbocycles. The minimum Gasteiger partial charge on any atom is -0.114 e. The molecule has 1 rings (SSSR count). The van der Waals surface area contributed by atoms with E-state index in [0.29, 0.717) is 0 Å². The summed E-state index contributed by atoms with van der Waals surface area (Å²) in [5.41, 5.74) is 2.65. The molecule has 0 heterocycles. The van der Waals surface area contributed by atoms with E-state index in [0.717, 1.165) is 10.7 Å². The first-order chi connectivity index (χ1) is 4.86. The predicted molar refractivity (Wildman–Crippen MR) is 72.3 cm³/mol. The molecular weight excluding hydrogens is 416 g/mol. The van der Waals surface area contributed by atoms with Crippen LogP contribution in [0.1, 0.15) is 11.1 Å². The highest BCUT2D eigenvalue weighted by Crippen LogP contribution is 2.09. The van der Waals surface area contributed by atoms with Gasteiger partial charge in [-0.1, -0.05) is 56.1 Å². The van der Waals surface area contributed by atoms with Crippen LogP contribution in [0.15, 0.2) is 24.3 Å². The van der Waals surface area contributed by atoms with Crippen molar-refractivity contribution in [2.24, 2.45) is 0 Å². The van der Waals surface area contributed by atoms with Crippen LogP contribution >= 0.6 is 65.8 Å². The third-order valence-electron chi connectivity index (χ3n) is 1.33. The number of hydrogen-bond acceptors (Lipinski definition) is 0. The Kier molecular flexibility index (Phi) is 11.3. The van der Waals surface area contributed by atoms with Crippen molar-refractivity contribution in [3.8, 4) is 0 Å². The predicted octanol–water partition coefficient (Wildman–Crippen LogP) is 4.63. The monoisotopic (exact) mass is 422 g/mol. The Labute approximate surface area is 111 Å². The third kappa shape index (κ3) is 5.00. The van der Waals surface area contributed by atoms with Crippen molar-refractivity contribution in [3.05, 3.63) is 35.4 Å². The van der Waals surface area contributed by atoms with E-state index in [1.807, 2.05) is 0 Å². The lowest BCUT2D eigenvalue weighted by atomic mass is 10.2. The normalized spacial score (nSPS) is 8.17. The molecule has 0 amide bonds. The molecule has 0 nitrogen and oxygen atoms in total. The highest BCUT2D eigenvalue weighted by atomic mass is 79.9. The van der Waals surface area contributed by atoms with Crippen LogP contribution in [0, 0.1) is 0 Å². The van der Waals surface area contributed by atoms with Gasteiger partial charge in [0.15, 0.2) is 0 Å². The van der Waals surface area contributed by atoms with E-state index in [1.165, 1.54) is 11.1 Å². The molecule has 70 valence electrons. The Morgan fingerprint density at radius 3 is 1.17 bits per heavy atom. The summed E-state index contributed by atoms with van der Waals surface area (Å²) in [5, 5.41) is 1.88. The first-order valence-electron chi connectivity index (χ1n) is 3.06. The SMILES string of the molecule is Br.Br.BrCc1ccc(CBr)cc1. The molecule has 1 aromatic rings. The van der Waals surface area contributed by atoms with Gasteiger partial charge in [0.05, 0.1) is 0 Å². The summed E-state index contributed by atoms with van der Waals surface area (Å²) in [7, 11) is 0. The van der Waals surface area contributed by atoms with Crippen LogP contribution in [0.3, 0.4) is 0 Å². The molecule has 0 saturated heterocycles. The molecule has 0 radical (unpaired) electrons. The topological polar surface area (TPSA) is 0 Å². The van der Waals surface area contributed by atoms with Gasteiger partial charge in [-0.15, -0.1) is 34.0 Å². The van der Waals surface area contributed by atoms with Gasteiger partial charge >= 0.3 is 0 Å². The summed E-state index contributed by atoms with van der Waals surface area (Å²) in [4.78, 5) is 0. The van der Waals surface area contributed by atoms with Gasteiger partial charge in [0, 0.05) is 10.7 Å². The Morgan fingerprint density at radius 2 is 1.00 bits per heavy atom. The number of benzene rings is 1. The Bertz CT molecular complexity index is 172. The molecule has 1 aromatic carbocycles. The van der Waals surface area contributed by atoms with Gasteiger partial charge in [0.1, 0.15) is 0 Å². The second kappa shape index (κ2) is 8.73. The van der Waals surface area contributed by atoms with Crippen LogP contribution in [-0.4, -0.2) is 0 Å². The first-order valence-corrected chi connectivity index (χ1v) is 5.31. The second-order valence-electron chi connectivity index (χ2n) is 2.08. The molecular formula is C8H10Br4. The van der Waals surface area contributed by atoms with E-state index >= 15 is 0 Å². The zero-order valence-electron chi connectivity index (χ0n) is 6.30. The van der Waals surface area contributed by atoms with Crippen molar-refractivity contribution in [3.63, 3.8) is 0 Å². The van der Waals surface area contributed by atoms with Crippen molar-refractivity contribution in [1.82, 2.24) is 0 Å². The number of rotatable bonds is 2. The minimum absolute atomic E-state index is 0. The average Bonchev–Trinajstić information content (AvgIpc) is 2.05. The highest BCUT2D eigenvalue weighted by molar-refractivity contribution is 9.08. The van der Waals surface area contributed by atoms with Crippen LogP contribution in [0.5, 0.6) is 0 Å². The first kappa shape index (κ1) is 15.6. The Balaban J connectivity index is 0. The molecule has 12 heavy (non-hydrogen) atoms. The smallest absolute Gasteiger partial charge is 0.0283 e. The average molecular weight is 426 g/mol. The molecule has 4 heteroatoms. The van der Waals surface area contributed by atoms with Gasteiger partial charge in [-0.25, -0.2) is 0 Å². The summed E-state index contributed by atoms with van der Waals surface area (Å²) >= 11 is 6.78. The van der Waals surface area contributed by atoms with E-state index < -0.39 is 0 Å². The molecule has 0 atom stereocenters. The summed E-state index contributed by atoms with van der Waals surface area (Å²) in [5.74, 6) is 0. The highest BCUT2D eigenvalue weighted by Gasteiger charge is 1.89. The van der Waals surface area contributed by atoms with Crippen LogP contribution in [0.4, 0.5) is 0 Å². The van der Waals surface area contributed by atoms with Gasteiger partial charge in [0.25, 0.3) is 0 Å². The van der Waals surface area contributed by atoms with Gasteiger partial charge in [-0.05, 0) is 11.1 Å². The van der Waals surface area contributed by atoms with Crippen molar-refractivity contribution in [2.45, 2.75) is 10.7 Å². The van der Waals surface area contributed by atoms with Gasteiger partial charge < -0.3 is 0 Å². The quantitative estimate of drug-likeness (QED) is 0.606. The Morgan fingerprint density at radius 1 is 0.750 bits per heavy atom. The maximum Gasteiger partial charge on any atom is 0.0283 e. The lowest BCUT2D eigenvalue weighted by molar-refractivity contribution is 1.36. The van der Waals surface area contributed by atoms with E-state index in [2.05, 4.69) is 56.1 Å². The molecule has 0 aromatic heterocycles. The number of alkyl halides is 2. The fourth-order valence-corrected chi connectivity index (χ4v) is 1.47. The molecule has 0 aliphatic heterocycles. The summed E-state index contributed by atoms with van der Waals surface area (Å²) in [6, 6.07) is 8.52. The molecule has 0 bridgehead atoms. The number of halogens is 4. The fraction of sp³-hybridized carbons (Fsp3) is 0.250. The van der Waals surface area contributed by atoms with E-state index in [9.17, 15) is 0 Å². The molecule has 0 fully saturated rings. The van der Waals surface area contributed by atoms with Crippen molar-refractivity contribution >= 4 is 65.8 Å². The van der Waals surface area contributed by atoms with Crippen molar-refractivity contribution < 1.29 is 0 Å². The van der Waals surface area contributed by atoms with Gasteiger partial charge in [-0.2, -0.15) is 0 Å².